The molecule has 6 heteroatoms. The lowest BCUT2D eigenvalue weighted by molar-refractivity contribution is -0.158. The number of nitrogens with zero attached hydrogens (tertiary/aromatic N) is 1. The zero-order valence-corrected chi connectivity index (χ0v) is 9.39. The van der Waals surface area contributed by atoms with Gasteiger partial charge in [0, 0.05) is 6.54 Å². The van der Waals surface area contributed by atoms with Gasteiger partial charge in [0.25, 0.3) is 0 Å². The maximum absolute atomic E-state index is 11.9. The third-order valence-corrected chi connectivity index (χ3v) is 2.61. The number of rotatable bonds is 4. The molecule has 0 aliphatic carbocycles. The summed E-state index contributed by atoms with van der Waals surface area (Å²) in [5.41, 5.74) is 5.70. The van der Waals surface area contributed by atoms with Crippen LogP contribution in [0.25, 0.3) is 0 Å². The fourth-order valence-electron chi connectivity index (χ4n) is 1.72. The van der Waals surface area contributed by atoms with Gasteiger partial charge in [-0.15, -0.1) is 0 Å². The Balaban J connectivity index is 2.67. The molecule has 0 spiro atoms. The molecule has 1 amide bonds. The highest BCUT2D eigenvalue weighted by molar-refractivity contribution is 5.87. The molecule has 92 valence electrons. The molecule has 1 aliphatic rings. The molecule has 0 aromatic carbocycles. The lowest BCUT2D eigenvalue weighted by Crippen LogP contribution is -2.56. The second-order valence-corrected chi connectivity index (χ2v) is 3.86. The van der Waals surface area contributed by atoms with E-state index in [-0.39, 0.29) is 12.5 Å². The van der Waals surface area contributed by atoms with E-state index in [1.807, 2.05) is 6.92 Å². The summed E-state index contributed by atoms with van der Waals surface area (Å²) < 4.78 is 5.05. The standard InChI is InChI=1S/C10H18N2O4/c1-2-3-7(11)9(13)12-4-5-16-6-8(12)10(14)15/h7-8H,2-6,11H2,1H3,(H,14,15)/t7-,8?/m1/s1. The Kier molecular flexibility index (Phi) is 4.70. The molecule has 0 aromatic heterocycles. The molecule has 0 radical (unpaired) electrons. The monoisotopic (exact) mass is 230 g/mol. The van der Waals surface area contributed by atoms with Gasteiger partial charge in [0.15, 0.2) is 6.04 Å². The van der Waals surface area contributed by atoms with Crippen molar-refractivity contribution in [1.29, 1.82) is 0 Å². The molecule has 2 atom stereocenters. The van der Waals surface area contributed by atoms with Crippen LogP contribution in [0.4, 0.5) is 0 Å². The maximum atomic E-state index is 11.9. The molecule has 1 rings (SSSR count). The maximum Gasteiger partial charge on any atom is 0.328 e. The Hall–Kier alpha value is -1.14. The predicted octanol–water partition coefficient (Wildman–Crippen LogP) is -0.574. The lowest BCUT2D eigenvalue weighted by atomic mass is 10.1. The molecule has 1 unspecified atom stereocenters. The van der Waals surface area contributed by atoms with Crippen molar-refractivity contribution in [2.45, 2.75) is 31.8 Å². The summed E-state index contributed by atoms with van der Waals surface area (Å²) in [7, 11) is 0. The van der Waals surface area contributed by atoms with Gasteiger partial charge >= 0.3 is 5.97 Å². The lowest BCUT2D eigenvalue weighted by Gasteiger charge is -2.34. The molecular formula is C10H18N2O4. The predicted molar refractivity (Wildman–Crippen MR) is 56.8 cm³/mol. The number of hydrogen-bond donors (Lipinski definition) is 2. The zero-order chi connectivity index (χ0) is 12.1. The molecule has 6 nitrogen and oxygen atoms in total. The molecule has 1 saturated heterocycles. The van der Waals surface area contributed by atoms with E-state index in [0.717, 1.165) is 6.42 Å². The summed E-state index contributed by atoms with van der Waals surface area (Å²) in [4.78, 5) is 24.1. The summed E-state index contributed by atoms with van der Waals surface area (Å²) in [6.45, 7) is 2.64. The summed E-state index contributed by atoms with van der Waals surface area (Å²) in [6, 6.07) is -1.51. The summed E-state index contributed by atoms with van der Waals surface area (Å²) in [5.74, 6) is -1.34. The number of hydrogen-bond acceptors (Lipinski definition) is 4. The Morgan fingerprint density at radius 1 is 1.62 bits per heavy atom. The van der Waals surface area contributed by atoms with Crippen molar-refractivity contribution in [2.24, 2.45) is 5.73 Å². The van der Waals surface area contributed by atoms with Crippen molar-refractivity contribution in [1.82, 2.24) is 4.90 Å². The highest BCUT2D eigenvalue weighted by Gasteiger charge is 2.34. The van der Waals surface area contributed by atoms with E-state index in [1.165, 1.54) is 4.90 Å². The fourth-order valence-corrected chi connectivity index (χ4v) is 1.72. The molecule has 3 N–H and O–H groups in total. The van der Waals surface area contributed by atoms with E-state index in [9.17, 15) is 9.59 Å². The summed E-state index contributed by atoms with van der Waals surface area (Å²) in [6.07, 6.45) is 1.37. The molecule has 0 bridgehead atoms. The highest BCUT2D eigenvalue weighted by atomic mass is 16.5. The van der Waals surface area contributed by atoms with E-state index < -0.39 is 18.1 Å². The largest absolute Gasteiger partial charge is 0.480 e. The highest BCUT2D eigenvalue weighted by Crippen LogP contribution is 2.10. The first-order chi connectivity index (χ1) is 7.57. The van der Waals surface area contributed by atoms with Gasteiger partial charge < -0.3 is 20.5 Å². The van der Waals surface area contributed by atoms with Gasteiger partial charge in [-0.2, -0.15) is 0 Å². The topological polar surface area (TPSA) is 92.9 Å². The van der Waals surface area contributed by atoms with Crippen LogP contribution in [0.15, 0.2) is 0 Å². The fraction of sp³-hybridized carbons (Fsp3) is 0.800. The van der Waals surface area contributed by atoms with Crippen LogP contribution in [-0.4, -0.2) is 53.7 Å². The van der Waals surface area contributed by atoms with Crippen LogP contribution in [0.1, 0.15) is 19.8 Å². The van der Waals surface area contributed by atoms with Gasteiger partial charge in [-0.3, -0.25) is 4.79 Å². The Morgan fingerprint density at radius 3 is 2.88 bits per heavy atom. The van der Waals surface area contributed by atoms with Gasteiger partial charge in [-0.25, -0.2) is 4.79 Å². The minimum atomic E-state index is -1.04. The Labute approximate surface area is 94.3 Å². The van der Waals surface area contributed by atoms with E-state index in [4.69, 9.17) is 15.6 Å². The first-order valence-electron chi connectivity index (χ1n) is 5.44. The Morgan fingerprint density at radius 2 is 2.31 bits per heavy atom. The van der Waals surface area contributed by atoms with Crippen LogP contribution in [0, 0.1) is 0 Å². The average Bonchev–Trinajstić information content (AvgIpc) is 2.28. The minimum absolute atomic E-state index is 0.0416. The van der Waals surface area contributed by atoms with Gasteiger partial charge in [0.1, 0.15) is 0 Å². The number of nitrogens with two attached hydrogens (primary N) is 1. The van der Waals surface area contributed by atoms with E-state index in [2.05, 4.69) is 0 Å². The van der Waals surface area contributed by atoms with E-state index in [0.29, 0.717) is 19.6 Å². The molecule has 1 fully saturated rings. The van der Waals surface area contributed by atoms with Crippen molar-refractivity contribution >= 4 is 11.9 Å². The van der Waals surface area contributed by atoms with Crippen LogP contribution in [0.5, 0.6) is 0 Å². The smallest absolute Gasteiger partial charge is 0.328 e. The molecule has 1 aliphatic heterocycles. The van der Waals surface area contributed by atoms with Gasteiger partial charge in [-0.05, 0) is 6.42 Å². The van der Waals surface area contributed by atoms with Gasteiger partial charge in [0.2, 0.25) is 5.91 Å². The number of carbonyl (C=O) groups is 2. The van der Waals surface area contributed by atoms with Crippen molar-refractivity contribution in [3.8, 4) is 0 Å². The van der Waals surface area contributed by atoms with E-state index >= 15 is 0 Å². The van der Waals surface area contributed by atoms with Gasteiger partial charge in [0.05, 0.1) is 19.3 Å². The van der Waals surface area contributed by atoms with Crippen LogP contribution in [0.3, 0.4) is 0 Å². The van der Waals surface area contributed by atoms with Crippen LogP contribution in [-0.2, 0) is 14.3 Å². The number of morpholine rings is 1. The van der Waals surface area contributed by atoms with Crippen molar-refractivity contribution in [2.75, 3.05) is 19.8 Å². The van der Waals surface area contributed by atoms with Crippen molar-refractivity contribution in [3.05, 3.63) is 0 Å². The zero-order valence-electron chi connectivity index (χ0n) is 9.39. The van der Waals surface area contributed by atoms with Crippen LogP contribution >= 0.6 is 0 Å². The number of carboxylic acids is 1. The third-order valence-electron chi connectivity index (χ3n) is 2.61. The number of carboxylic acid groups (broad SMARTS) is 1. The molecule has 16 heavy (non-hydrogen) atoms. The first kappa shape index (κ1) is 12.9. The van der Waals surface area contributed by atoms with Crippen LogP contribution < -0.4 is 5.73 Å². The molecule has 0 saturated carbocycles. The molecule has 0 aromatic rings. The molecular weight excluding hydrogens is 212 g/mol. The SMILES string of the molecule is CCC[C@@H](N)C(=O)N1CCOCC1C(=O)O. The number of ether oxygens (including phenoxy) is 1. The van der Waals surface area contributed by atoms with Gasteiger partial charge in [-0.1, -0.05) is 13.3 Å². The second-order valence-electron chi connectivity index (χ2n) is 3.86. The average molecular weight is 230 g/mol. The van der Waals surface area contributed by atoms with Crippen molar-refractivity contribution in [3.63, 3.8) is 0 Å². The number of aliphatic carboxylic acids is 1. The number of amides is 1. The molecule has 1 heterocycles. The number of carbonyl (C=O) groups excluding carboxylic acids is 1. The quantitative estimate of drug-likeness (QED) is 0.674. The third kappa shape index (κ3) is 2.93. The normalized spacial score (nSPS) is 22.9. The second kappa shape index (κ2) is 5.81. The minimum Gasteiger partial charge on any atom is -0.480 e. The first-order valence-corrected chi connectivity index (χ1v) is 5.44. The summed E-state index contributed by atoms with van der Waals surface area (Å²) >= 11 is 0. The Bertz CT molecular complexity index is 270. The van der Waals surface area contributed by atoms with Crippen LogP contribution in [0.2, 0.25) is 0 Å². The summed E-state index contributed by atoms with van der Waals surface area (Å²) in [5, 5.41) is 8.95. The van der Waals surface area contributed by atoms with Crippen molar-refractivity contribution < 1.29 is 19.4 Å². The van der Waals surface area contributed by atoms with E-state index in [1.54, 1.807) is 0 Å².